The number of anilines is 1. The minimum Gasteiger partial charge on any atom is -0.495 e. The standard InChI is InChI=1S/C23H25N3O5S/c1-16-14-21(31-24-16)19-6-9-23(22(15-19)30-3)32(28,29)26-12-10-25(11-13-26)20-7-4-18(5-8-20)17(2)27/h4-9,14-15H,10-13H2,1-3H3. The van der Waals surface area contributed by atoms with Gasteiger partial charge in [-0.1, -0.05) is 5.16 Å². The summed E-state index contributed by atoms with van der Waals surface area (Å²) in [6, 6.07) is 14.1. The van der Waals surface area contributed by atoms with E-state index in [2.05, 4.69) is 10.1 Å². The van der Waals surface area contributed by atoms with Crippen LogP contribution < -0.4 is 9.64 Å². The van der Waals surface area contributed by atoms with Crippen LogP contribution in [0.25, 0.3) is 11.3 Å². The summed E-state index contributed by atoms with van der Waals surface area (Å²) >= 11 is 0. The van der Waals surface area contributed by atoms with E-state index >= 15 is 0 Å². The Morgan fingerprint density at radius 3 is 2.28 bits per heavy atom. The molecule has 9 heteroatoms. The number of hydrogen-bond acceptors (Lipinski definition) is 7. The number of Topliss-reactive ketones (excluding diaryl/α,β-unsaturated/α-hetero) is 1. The molecule has 3 aromatic rings. The lowest BCUT2D eigenvalue weighted by Gasteiger charge is -2.35. The van der Waals surface area contributed by atoms with Crippen molar-refractivity contribution in [2.75, 3.05) is 38.2 Å². The molecule has 0 aliphatic carbocycles. The van der Waals surface area contributed by atoms with Gasteiger partial charge in [-0.25, -0.2) is 8.42 Å². The largest absolute Gasteiger partial charge is 0.495 e. The first kappa shape index (κ1) is 22.0. The molecule has 1 fully saturated rings. The number of carbonyl (C=O) groups excluding carboxylic acids is 1. The summed E-state index contributed by atoms with van der Waals surface area (Å²) in [5, 5.41) is 3.87. The molecule has 0 unspecified atom stereocenters. The minimum atomic E-state index is -3.73. The molecule has 1 saturated heterocycles. The third-order valence-electron chi connectivity index (χ3n) is 5.57. The van der Waals surface area contributed by atoms with E-state index in [1.54, 1.807) is 36.4 Å². The summed E-state index contributed by atoms with van der Waals surface area (Å²) in [5.74, 6) is 0.832. The number of benzene rings is 2. The summed E-state index contributed by atoms with van der Waals surface area (Å²) in [4.78, 5) is 13.7. The highest BCUT2D eigenvalue weighted by Gasteiger charge is 2.31. The molecule has 32 heavy (non-hydrogen) atoms. The molecule has 1 aliphatic rings. The van der Waals surface area contributed by atoms with Crippen molar-refractivity contribution >= 4 is 21.5 Å². The van der Waals surface area contributed by atoms with Crippen molar-refractivity contribution in [1.29, 1.82) is 0 Å². The quantitative estimate of drug-likeness (QED) is 0.526. The summed E-state index contributed by atoms with van der Waals surface area (Å²) < 4.78 is 38.8. The van der Waals surface area contributed by atoms with Gasteiger partial charge >= 0.3 is 0 Å². The highest BCUT2D eigenvalue weighted by molar-refractivity contribution is 7.89. The second-order valence-corrected chi connectivity index (χ2v) is 9.60. The van der Waals surface area contributed by atoms with Gasteiger partial charge in [0.25, 0.3) is 0 Å². The molecule has 0 atom stereocenters. The molecule has 168 valence electrons. The van der Waals surface area contributed by atoms with Gasteiger partial charge in [0, 0.05) is 49.1 Å². The molecule has 0 radical (unpaired) electrons. The van der Waals surface area contributed by atoms with Crippen LogP contribution in [0.4, 0.5) is 5.69 Å². The Balaban J connectivity index is 1.51. The number of sulfonamides is 1. The van der Waals surface area contributed by atoms with Crippen molar-refractivity contribution < 1.29 is 22.5 Å². The van der Waals surface area contributed by atoms with Gasteiger partial charge in [0.05, 0.1) is 12.8 Å². The normalized spacial score (nSPS) is 15.0. The number of aromatic nitrogens is 1. The number of nitrogens with zero attached hydrogens (tertiary/aromatic N) is 3. The first-order chi connectivity index (χ1) is 15.3. The number of rotatable bonds is 6. The number of aryl methyl sites for hydroxylation is 1. The van der Waals surface area contributed by atoms with Crippen molar-refractivity contribution in [3.63, 3.8) is 0 Å². The number of carbonyl (C=O) groups is 1. The molecule has 0 N–H and O–H groups in total. The average Bonchev–Trinajstić information content (AvgIpc) is 3.25. The van der Waals surface area contributed by atoms with Crippen molar-refractivity contribution in [3.8, 4) is 17.1 Å². The van der Waals surface area contributed by atoms with Crippen LogP contribution in [0.5, 0.6) is 5.75 Å². The summed E-state index contributed by atoms with van der Waals surface area (Å²) in [7, 11) is -2.28. The molecule has 0 bridgehead atoms. The van der Waals surface area contributed by atoms with Crippen LogP contribution in [0.3, 0.4) is 0 Å². The maximum atomic E-state index is 13.3. The number of piperazine rings is 1. The molecule has 0 saturated carbocycles. The monoisotopic (exact) mass is 455 g/mol. The van der Waals surface area contributed by atoms with Gasteiger partial charge < -0.3 is 14.2 Å². The van der Waals surface area contributed by atoms with Crippen LogP contribution in [0.15, 0.2) is 57.9 Å². The van der Waals surface area contributed by atoms with Crippen molar-refractivity contribution in [1.82, 2.24) is 9.46 Å². The van der Waals surface area contributed by atoms with Crippen LogP contribution in [0.1, 0.15) is 23.0 Å². The Morgan fingerprint density at radius 1 is 1.03 bits per heavy atom. The SMILES string of the molecule is COc1cc(-c2cc(C)no2)ccc1S(=O)(=O)N1CCN(c2ccc(C(C)=O)cc2)CC1. The van der Waals surface area contributed by atoms with Gasteiger partial charge in [-0.05, 0) is 56.3 Å². The maximum absolute atomic E-state index is 13.3. The molecular weight excluding hydrogens is 430 g/mol. The zero-order valence-electron chi connectivity index (χ0n) is 18.2. The van der Waals surface area contributed by atoms with E-state index in [1.165, 1.54) is 18.3 Å². The predicted octanol–water partition coefficient (Wildman–Crippen LogP) is 3.37. The van der Waals surface area contributed by atoms with E-state index in [9.17, 15) is 13.2 Å². The lowest BCUT2D eigenvalue weighted by Crippen LogP contribution is -2.48. The van der Waals surface area contributed by atoms with E-state index < -0.39 is 10.0 Å². The molecule has 2 aromatic carbocycles. The average molecular weight is 456 g/mol. The fourth-order valence-corrected chi connectivity index (χ4v) is 5.32. The van der Waals surface area contributed by atoms with Gasteiger partial charge in [0.1, 0.15) is 10.6 Å². The summed E-state index contributed by atoms with van der Waals surface area (Å²) in [5.41, 5.74) is 3.06. The smallest absolute Gasteiger partial charge is 0.246 e. The van der Waals surface area contributed by atoms with Crippen molar-refractivity contribution in [2.45, 2.75) is 18.7 Å². The maximum Gasteiger partial charge on any atom is 0.246 e. The summed E-state index contributed by atoms with van der Waals surface area (Å²) in [6.07, 6.45) is 0. The minimum absolute atomic E-state index is 0.0193. The number of ether oxygens (including phenoxy) is 1. The van der Waals surface area contributed by atoms with Crippen molar-refractivity contribution in [3.05, 3.63) is 59.8 Å². The lowest BCUT2D eigenvalue weighted by atomic mass is 10.1. The molecule has 0 spiro atoms. The molecule has 1 aromatic heterocycles. The molecule has 1 aliphatic heterocycles. The highest BCUT2D eigenvalue weighted by atomic mass is 32.2. The number of hydrogen-bond donors (Lipinski definition) is 0. The molecule has 8 nitrogen and oxygen atoms in total. The molecular formula is C23H25N3O5S. The van der Waals surface area contributed by atoms with Crippen LogP contribution in [-0.2, 0) is 10.0 Å². The van der Waals surface area contributed by atoms with E-state index in [0.29, 0.717) is 43.1 Å². The zero-order chi connectivity index (χ0) is 22.9. The Labute approximate surface area is 187 Å². The predicted molar refractivity (Wildman–Crippen MR) is 121 cm³/mol. The van der Waals surface area contributed by atoms with Crippen molar-refractivity contribution in [2.24, 2.45) is 0 Å². The Morgan fingerprint density at radius 2 is 1.72 bits per heavy atom. The van der Waals surface area contributed by atoms with E-state index in [-0.39, 0.29) is 16.4 Å². The van der Waals surface area contributed by atoms with Crippen LogP contribution in [-0.4, -0.2) is 57.0 Å². The zero-order valence-corrected chi connectivity index (χ0v) is 19.1. The number of ketones is 1. The highest BCUT2D eigenvalue weighted by Crippen LogP contribution is 2.33. The van der Waals surface area contributed by atoms with Gasteiger partial charge in [0.15, 0.2) is 11.5 Å². The summed E-state index contributed by atoms with van der Waals surface area (Å²) in [6.45, 7) is 5.16. The Kier molecular flexibility index (Phi) is 6.03. The van der Waals surface area contributed by atoms with Gasteiger partial charge in [-0.3, -0.25) is 4.79 Å². The molecule has 4 rings (SSSR count). The fourth-order valence-electron chi connectivity index (χ4n) is 3.77. The van der Waals surface area contributed by atoms with Crippen LogP contribution in [0, 0.1) is 6.92 Å². The second-order valence-electron chi connectivity index (χ2n) is 7.69. The lowest BCUT2D eigenvalue weighted by molar-refractivity contribution is 0.101. The van der Waals surface area contributed by atoms with E-state index in [4.69, 9.17) is 9.26 Å². The van der Waals surface area contributed by atoms with Gasteiger partial charge in [-0.2, -0.15) is 4.31 Å². The fraction of sp³-hybridized carbons (Fsp3) is 0.304. The van der Waals surface area contributed by atoms with Crippen LogP contribution in [0.2, 0.25) is 0 Å². The van der Waals surface area contributed by atoms with E-state index in [1.807, 2.05) is 19.1 Å². The van der Waals surface area contributed by atoms with Gasteiger partial charge in [0.2, 0.25) is 10.0 Å². The Hall–Kier alpha value is -3.17. The van der Waals surface area contributed by atoms with Crippen LogP contribution >= 0.6 is 0 Å². The van der Waals surface area contributed by atoms with E-state index in [0.717, 1.165) is 11.4 Å². The Bertz CT molecular complexity index is 1230. The van der Waals surface area contributed by atoms with Gasteiger partial charge in [-0.15, -0.1) is 0 Å². The third kappa shape index (κ3) is 4.26. The third-order valence-corrected chi connectivity index (χ3v) is 7.51. The first-order valence-corrected chi connectivity index (χ1v) is 11.7. The number of methoxy groups -OCH3 is 1. The molecule has 2 heterocycles. The molecule has 0 amide bonds. The topological polar surface area (TPSA) is 92.9 Å². The first-order valence-electron chi connectivity index (χ1n) is 10.3. The second kappa shape index (κ2) is 8.76.